The first kappa shape index (κ1) is 10.9. The summed E-state index contributed by atoms with van der Waals surface area (Å²) in [5.41, 5.74) is 6.29. The molecular formula is C10H10N2O3. The van der Waals surface area contributed by atoms with Crippen molar-refractivity contribution in [2.24, 2.45) is 0 Å². The Hall–Kier alpha value is -2.22. The molecule has 0 heterocycles. The monoisotopic (exact) mass is 206 g/mol. The van der Waals surface area contributed by atoms with E-state index < -0.39 is 5.97 Å². The predicted molar refractivity (Wildman–Crippen MR) is 53.5 cm³/mol. The van der Waals surface area contributed by atoms with Crippen LogP contribution in [0.5, 0.6) is 5.75 Å². The number of esters is 1. The van der Waals surface area contributed by atoms with E-state index in [1.165, 1.54) is 26.4 Å². The van der Waals surface area contributed by atoms with Crippen LogP contribution in [-0.2, 0) is 4.74 Å². The first-order chi connectivity index (χ1) is 7.13. The van der Waals surface area contributed by atoms with Gasteiger partial charge in [0, 0.05) is 0 Å². The fourth-order valence-corrected chi connectivity index (χ4v) is 1.21. The van der Waals surface area contributed by atoms with E-state index in [0.29, 0.717) is 0 Å². The van der Waals surface area contributed by atoms with Gasteiger partial charge in [0.25, 0.3) is 0 Å². The average Bonchev–Trinajstić information content (AvgIpc) is 2.26. The van der Waals surface area contributed by atoms with Crippen molar-refractivity contribution in [3.8, 4) is 11.8 Å². The number of carbonyl (C=O) groups excluding carboxylic acids is 1. The van der Waals surface area contributed by atoms with Gasteiger partial charge in [-0.2, -0.15) is 5.26 Å². The molecule has 0 aliphatic carbocycles. The standard InChI is InChI=1S/C10H10N2O3/c1-14-9-7(10(13)15-2)3-6(5-11)4-8(9)12/h3-4H,12H2,1-2H3. The van der Waals surface area contributed by atoms with Crippen molar-refractivity contribution in [3.05, 3.63) is 23.3 Å². The van der Waals surface area contributed by atoms with Gasteiger partial charge in [0.1, 0.15) is 5.56 Å². The van der Waals surface area contributed by atoms with Crippen LogP contribution in [0.3, 0.4) is 0 Å². The van der Waals surface area contributed by atoms with Crippen molar-refractivity contribution >= 4 is 11.7 Å². The van der Waals surface area contributed by atoms with Gasteiger partial charge in [0.15, 0.2) is 5.75 Å². The Morgan fingerprint density at radius 2 is 2.13 bits per heavy atom. The maximum atomic E-state index is 11.3. The normalized spacial score (nSPS) is 9.13. The number of nitrogen functional groups attached to an aromatic ring is 1. The van der Waals surface area contributed by atoms with Crippen molar-refractivity contribution in [2.75, 3.05) is 20.0 Å². The van der Waals surface area contributed by atoms with Crippen molar-refractivity contribution in [1.82, 2.24) is 0 Å². The van der Waals surface area contributed by atoms with Crippen molar-refractivity contribution in [3.63, 3.8) is 0 Å². The Balaban J connectivity index is 3.40. The molecule has 0 amide bonds. The number of nitriles is 1. The molecule has 1 aromatic rings. The van der Waals surface area contributed by atoms with Gasteiger partial charge >= 0.3 is 5.97 Å². The van der Waals surface area contributed by atoms with Crippen molar-refractivity contribution < 1.29 is 14.3 Å². The number of nitrogens with two attached hydrogens (primary N) is 1. The van der Waals surface area contributed by atoms with Gasteiger partial charge in [-0.1, -0.05) is 0 Å². The van der Waals surface area contributed by atoms with Gasteiger partial charge in [0.05, 0.1) is 31.5 Å². The molecule has 5 nitrogen and oxygen atoms in total. The molecule has 0 fully saturated rings. The zero-order chi connectivity index (χ0) is 11.4. The highest BCUT2D eigenvalue weighted by Gasteiger charge is 2.16. The molecule has 0 radical (unpaired) electrons. The number of hydrogen-bond acceptors (Lipinski definition) is 5. The molecule has 5 heteroatoms. The summed E-state index contributed by atoms with van der Waals surface area (Å²) in [6.07, 6.45) is 0. The quantitative estimate of drug-likeness (QED) is 0.574. The Labute approximate surface area is 87.0 Å². The first-order valence-corrected chi connectivity index (χ1v) is 4.10. The van der Waals surface area contributed by atoms with Crippen LogP contribution in [0.4, 0.5) is 5.69 Å². The lowest BCUT2D eigenvalue weighted by Gasteiger charge is -2.09. The number of nitrogens with zero attached hydrogens (tertiary/aromatic N) is 1. The van der Waals surface area contributed by atoms with Gasteiger partial charge in [-0.3, -0.25) is 0 Å². The number of methoxy groups -OCH3 is 2. The molecule has 0 aromatic heterocycles. The third-order valence-corrected chi connectivity index (χ3v) is 1.86. The van der Waals surface area contributed by atoms with Crippen molar-refractivity contribution in [1.29, 1.82) is 5.26 Å². The van der Waals surface area contributed by atoms with E-state index in [1.54, 1.807) is 0 Å². The lowest BCUT2D eigenvalue weighted by Crippen LogP contribution is -2.06. The molecule has 78 valence electrons. The minimum atomic E-state index is -0.587. The molecule has 0 bridgehead atoms. The minimum Gasteiger partial charge on any atom is -0.494 e. The molecule has 0 aliphatic heterocycles. The Kier molecular flexibility index (Phi) is 3.13. The van der Waals surface area contributed by atoms with E-state index in [-0.39, 0.29) is 22.6 Å². The lowest BCUT2D eigenvalue weighted by atomic mass is 10.1. The summed E-state index contributed by atoms with van der Waals surface area (Å²) in [7, 11) is 2.64. The molecule has 0 spiro atoms. The molecular weight excluding hydrogens is 196 g/mol. The lowest BCUT2D eigenvalue weighted by molar-refractivity contribution is 0.0597. The highest BCUT2D eigenvalue weighted by molar-refractivity contribution is 5.95. The summed E-state index contributed by atoms with van der Waals surface area (Å²) < 4.78 is 9.51. The molecule has 15 heavy (non-hydrogen) atoms. The highest BCUT2D eigenvalue weighted by atomic mass is 16.5. The Bertz CT molecular complexity index is 435. The largest absolute Gasteiger partial charge is 0.494 e. The van der Waals surface area contributed by atoms with E-state index >= 15 is 0 Å². The second kappa shape index (κ2) is 4.33. The number of anilines is 1. The number of benzene rings is 1. The van der Waals surface area contributed by atoms with E-state index in [9.17, 15) is 4.79 Å². The predicted octanol–water partition coefficient (Wildman–Crippen LogP) is 0.936. The zero-order valence-corrected chi connectivity index (χ0v) is 8.40. The first-order valence-electron chi connectivity index (χ1n) is 4.10. The van der Waals surface area contributed by atoms with Gasteiger partial charge in [-0.25, -0.2) is 4.79 Å². The van der Waals surface area contributed by atoms with Gasteiger partial charge in [-0.05, 0) is 12.1 Å². The zero-order valence-electron chi connectivity index (χ0n) is 8.40. The molecule has 1 rings (SSSR count). The van der Waals surface area contributed by atoms with Crippen LogP contribution in [0.2, 0.25) is 0 Å². The number of hydrogen-bond donors (Lipinski definition) is 1. The Morgan fingerprint density at radius 1 is 1.47 bits per heavy atom. The van der Waals surface area contributed by atoms with Crippen molar-refractivity contribution in [2.45, 2.75) is 0 Å². The van der Waals surface area contributed by atoms with Crippen LogP contribution in [0, 0.1) is 11.3 Å². The smallest absolute Gasteiger partial charge is 0.341 e. The second-order valence-corrected chi connectivity index (χ2v) is 2.75. The van der Waals surface area contributed by atoms with Gasteiger partial charge in [0.2, 0.25) is 0 Å². The summed E-state index contributed by atoms with van der Waals surface area (Å²) in [5.74, 6) is -0.364. The summed E-state index contributed by atoms with van der Waals surface area (Å²) in [6.45, 7) is 0. The number of rotatable bonds is 2. The minimum absolute atomic E-state index is 0.150. The second-order valence-electron chi connectivity index (χ2n) is 2.75. The molecule has 0 aliphatic rings. The number of carbonyl (C=O) groups is 1. The van der Waals surface area contributed by atoms with Crippen LogP contribution in [0.15, 0.2) is 12.1 Å². The molecule has 1 aromatic carbocycles. The molecule has 0 atom stereocenters. The third-order valence-electron chi connectivity index (χ3n) is 1.86. The average molecular weight is 206 g/mol. The molecule has 0 unspecified atom stereocenters. The highest BCUT2D eigenvalue weighted by Crippen LogP contribution is 2.28. The van der Waals surface area contributed by atoms with Gasteiger partial charge in [-0.15, -0.1) is 0 Å². The molecule has 0 saturated heterocycles. The Morgan fingerprint density at radius 3 is 2.60 bits per heavy atom. The van der Waals surface area contributed by atoms with Crippen LogP contribution in [0.25, 0.3) is 0 Å². The summed E-state index contributed by atoms with van der Waals surface area (Å²) in [5, 5.41) is 8.71. The maximum Gasteiger partial charge on any atom is 0.341 e. The van der Waals surface area contributed by atoms with Crippen LogP contribution in [0.1, 0.15) is 15.9 Å². The topological polar surface area (TPSA) is 85.3 Å². The SMILES string of the molecule is COC(=O)c1cc(C#N)cc(N)c1OC. The molecule has 2 N–H and O–H groups in total. The molecule has 0 saturated carbocycles. The third kappa shape index (κ3) is 1.99. The maximum absolute atomic E-state index is 11.3. The number of ether oxygens (including phenoxy) is 2. The van der Waals surface area contributed by atoms with E-state index in [0.717, 1.165) is 0 Å². The fourth-order valence-electron chi connectivity index (χ4n) is 1.21. The summed E-state index contributed by atoms with van der Waals surface area (Å²) >= 11 is 0. The fraction of sp³-hybridized carbons (Fsp3) is 0.200. The van der Waals surface area contributed by atoms with Crippen LogP contribution in [-0.4, -0.2) is 20.2 Å². The van der Waals surface area contributed by atoms with E-state index in [2.05, 4.69) is 4.74 Å². The van der Waals surface area contributed by atoms with E-state index in [4.69, 9.17) is 15.7 Å². The van der Waals surface area contributed by atoms with Crippen LogP contribution >= 0.6 is 0 Å². The van der Waals surface area contributed by atoms with Crippen LogP contribution < -0.4 is 10.5 Å². The summed E-state index contributed by atoms with van der Waals surface area (Å²) in [4.78, 5) is 11.3. The summed E-state index contributed by atoms with van der Waals surface area (Å²) in [6, 6.07) is 4.71. The van der Waals surface area contributed by atoms with E-state index in [1.807, 2.05) is 6.07 Å². The van der Waals surface area contributed by atoms with Gasteiger partial charge < -0.3 is 15.2 Å².